The Morgan fingerprint density at radius 3 is 2.43 bits per heavy atom. The van der Waals surface area contributed by atoms with Gasteiger partial charge in [0.15, 0.2) is 0 Å². The highest BCUT2D eigenvalue weighted by Gasteiger charge is 2.22. The van der Waals surface area contributed by atoms with Gasteiger partial charge in [-0.05, 0) is 24.1 Å². The number of benzene rings is 1. The van der Waals surface area contributed by atoms with E-state index in [2.05, 4.69) is 10.6 Å². The maximum Gasteiger partial charge on any atom is 0.308 e. The van der Waals surface area contributed by atoms with E-state index in [1.807, 2.05) is 0 Å². The second-order valence-electron chi connectivity index (χ2n) is 5.16. The first kappa shape index (κ1) is 16.7. The van der Waals surface area contributed by atoms with Gasteiger partial charge in [-0.15, -0.1) is 0 Å². The fourth-order valence-corrected chi connectivity index (χ4v) is 1.85. The van der Waals surface area contributed by atoms with Crippen LogP contribution in [0, 0.1) is 11.8 Å². The first-order valence-electron chi connectivity index (χ1n) is 6.70. The number of carbonyl (C=O) groups excluding carboxylic acids is 2. The summed E-state index contributed by atoms with van der Waals surface area (Å²) >= 11 is 0. The molecule has 21 heavy (non-hydrogen) atoms. The van der Waals surface area contributed by atoms with Crippen LogP contribution < -0.4 is 10.6 Å². The number of amides is 2. The van der Waals surface area contributed by atoms with E-state index in [0.717, 1.165) is 0 Å². The third-order valence-electron chi connectivity index (χ3n) is 3.05. The summed E-state index contributed by atoms with van der Waals surface area (Å²) < 4.78 is 0. The summed E-state index contributed by atoms with van der Waals surface area (Å²) in [4.78, 5) is 34.1. The molecule has 0 bridgehead atoms. The van der Waals surface area contributed by atoms with Gasteiger partial charge in [0.05, 0.1) is 5.92 Å². The van der Waals surface area contributed by atoms with Crippen LogP contribution in [0.4, 0.5) is 5.69 Å². The van der Waals surface area contributed by atoms with Crippen LogP contribution in [-0.4, -0.2) is 29.4 Å². The Morgan fingerprint density at radius 1 is 1.24 bits per heavy atom. The molecule has 0 radical (unpaired) electrons. The normalized spacial score (nSPS) is 11.8. The average Bonchev–Trinajstić information content (AvgIpc) is 2.37. The number of rotatable bonds is 6. The Morgan fingerprint density at radius 2 is 1.90 bits per heavy atom. The highest BCUT2D eigenvalue weighted by Crippen LogP contribution is 2.12. The fourth-order valence-electron chi connectivity index (χ4n) is 1.85. The second-order valence-corrected chi connectivity index (χ2v) is 5.16. The zero-order valence-electron chi connectivity index (χ0n) is 12.3. The molecule has 3 N–H and O–H groups in total. The van der Waals surface area contributed by atoms with Gasteiger partial charge in [-0.1, -0.05) is 19.9 Å². The molecule has 6 nitrogen and oxygen atoms in total. The zero-order valence-corrected chi connectivity index (χ0v) is 12.3. The van der Waals surface area contributed by atoms with E-state index in [0.29, 0.717) is 11.3 Å². The van der Waals surface area contributed by atoms with Crippen molar-refractivity contribution in [3.8, 4) is 0 Å². The molecular formula is C15H20N2O4. The quantitative estimate of drug-likeness (QED) is 0.744. The Balaban J connectivity index is 2.71. The second kappa shape index (κ2) is 7.42. The van der Waals surface area contributed by atoms with Crippen LogP contribution in [0.15, 0.2) is 24.3 Å². The van der Waals surface area contributed by atoms with Gasteiger partial charge in [0.1, 0.15) is 0 Å². The first-order chi connectivity index (χ1) is 9.81. The molecule has 1 rings (SSSR count). The minimum atomic E-state index is -0.933. The lowest BCUT2D eigenvalue weighted by molar-refractivity contribution is -0.142. The van der Waals surface area contributed by atoms with Crippen molar-refractivity contribution in [1.29, 1.82) is 0 Å². The van der Waals surface area contributed by atoms with E-state index in [1.165, 1.54) is 6.92 Å². The number of carbonyl (C=O) groups is 3. The highest BCUT2D eigenvalue weighted by molar-refractivity contribution is 5.96. The summed E-state index contributed by atoms with van der Waals surface area (Å²) in [5.74, 6) is -2.23. The van der Waals surface area contributed by atoms with E-state index < -0.39 is 11.9 Å². The standard InChI is InChI=1S/C15H20N2O4/c1-9(2)13(15(20)21)8-16-14(19)11-5-4-6-12(7-11)17-10(3)18/h4-7,9,13H,8H2,1-3H3,(H,16,19)(H,17,18)(H,20,21). The molecule has 1 atom stereocenters. The SMILES string of the molecule is CC(=O)Nc1cccc(C(=O)NCC(C(=O)O)C(C)C)c1. The van der Waals surface area contributed by atoms with Crippen LogP contribution in [0.1, 0.15) is 31.1 Å². The maximum atomic E-state index is 12.0. The molecule has 1 unspecified atom stereocenters. The van der Waals surface area contributed by atoms with Crippen molar-refractivity contribution in [2.24, 2.45) is 11.8 Å². The summed E-state index contributed by atoms with van der Waals surface area (Å²) in [5.41, 5.74) is 0.892. The molecule has 0 saturated heterocycles. The van der Waals surface area contributed by atoms with Crippen molar-refractivity contribution >= 4 is 23.5 Å². The summed E-state index contributed by atoms with van der Waals surface area (Å²) in [6.45, 7) is 5.04. The average molecular weight is 292 g/mol. The molecule has 1 aromatic rings. The molecule has 0 aliphatic rings. The predicted octanol–water partition coefficient (Wildman–Crippen LogP) is 1.73. The number of hydrogen-bond donors (Lipinski definition) is 3. The van der Waals surface area contributed by atoms with Gasteiger partial charge in [-0.3, -0.25) is 14.4 Å². The van der Waals surface area contributed by atoms with E-state index in [-0.39, 0.29) is 24.3 Å². The van der Waals surface area contributed by atoms with Gasteiger partial charge in [-0.25, -0.2) is 0 Å². The Labute approximate surface area is 123 Å². The molecule has 1 aromatic carbocycles. The number of carboxylic acids is 1. The van der Waals surface area contributed by atoms with Gasteiger partial charge < -0.3 is 15.7 Å². The Hall–Kier alpha value is -2.37. The smallest absolute Gasteiger partial charge is 0.308 e. The fraction of sp³-hybridized carbons (Fsp3) is 0.400. The largest absolute Gasteiger partial charge is 0.481 e. The number of anilines is 1. The van der Waals surface area contributed by atoms with Gasteiger partial charge in [0, 0.05) is 24.7 Å². The number of aliphatic carboxylic acids is 1. The molecule has 0 aliphatic carbocycles. The maximum absolute atomic E-state index is 12.0. The predicted molar refractivity (Wildman–Crippen MR) is 79.0 cm³/mol. The third-order valence-corrected chi connectivity index (χ3v) is 3.05. The molecule has 0 spiro atoms. The summed E-state index contributed by atoms with van der Waals surface area (Å²) in [6, 6.07) is 6.47. The van der Waals surface area contributed by atoms with Crippen LogP contribution in [0.3, 0.4) is 0 Å². The molecule has 6 heteroatoms. The van der Waals surface area contributed by atoms with E-state index in [9.17, 15) is 14.4 Å². The molecule has 0 heterocycles. The van der Waals surface area contributed by atoms with Crippen molar-refractivity contribution in [1.82, 2.24) is 5.32 Å². The summed E-state index contributed by atoms with van der Waals surface area (Å²) in [6.07, 6.45) is 0. The van der Waals surface area contributed by atoms with Crippen molar-refractivity contribution in [2.45, 2.75) is 20.8 Å². The Bertz CT molecular complexity index is 540. The van der Waals surface area contributed by atoms with Gasteiger partial charge in [-0.2, -0.15) is 0 Å². The molecule has 0 aliphatic heterocycles. The topological polar surface area (TPSA) is 95.5 Å². The van der Waals surface area contributed by atoms with Crippen molar-refractivity contribution < 1.29 is 19.5 Å². The first-order valence-corrected chi connectivity index (χ1v) is 6.70. The van der Waals surface area contributed by atoms with Crippen LogP contribution in [0.2, 0.25) is 0 Å². The van der Waals surface area contributed by atoms with Crippen LogP contribution in [0.5, 0.6) is 0 Å². The number of hydrogen-bond acceptors (Lipinski definition) is 3. The molecule has 0 saturated carbocycles. The number of carboxylic acid groups (broad SMARTS) is 1. The van der Waals surface area contributed by atoms with Gasteiger partial charge in [0.25, 0.3) is 5.91 Å². The number of nitrogens with one attached hydrogen (secondary N) is 2. The van der Waals surface area contributed by atoms with Crippen LogP contribution in [-0.2, 0) is 9.59 Å². The summed E-state index contributed by atoms with van der Waals surface area (Å²) in [5, 5.41) is 14.3. The van der Waals surface area contributed by atoms with E-state index in [1.54, 1.807) is 38.1 Å². The van der Waals surface area contributed by atoms with Crippen LogP contribution in [0.25, 0.3) is 0 Å². The lowest BCUT2D eigenvalue weighted by Crippen LogP contribution is -2.35. The van der Waals surface area contributed by atoms with E-state index in [4.69, 9.17) is 5.11 Å². The zero-order chi connectivity index (χ0) is 16.0. The lowest BCUT2D eigenvalue weighted by atomic mass is 9.96. The molecule has 2 amide bonds. The molecule has 0 aromatic heterocycles. The van der Waals surface area contributed by atoms with Gasteiger partial charge >= 0.3 is 5.97 Å². The highest BCUT2D eigenvalue weighted by atomic mass is 16.4. The minimum Gasteiger partial charge on any atom is -0.481 e. The van der Waals surface area contributed by atoms with Crippen molar-refractivity contribution in [3.05, 3.63) is 29.8 Å². The minimum absolute atomic E-state index is 0.0657. The third kappa shape index (κ3) is 5.25. The van der Waals surface area contributed by atoms with Crippen LogP contribution >= 0.6 is 0 Å². The molecule has 0 fully saturated rings. The van der Waals surface area contributed by atoms with Gasteiger partial charge in [0.2, 0.25) is 5.91 Å². The van der Waals surface area contributed by atoms with E-state index >= 15 is 0 Å². The molecule has 114 valence electrons. The summed E-state index contributed by atoms with van der Waals surface area (Å²) in [7, 11) is 0. The van der Waals surface area contributed by atoms with Crippen molar-refractivity contribution in [2.75, 3.05) is 11.9 Å². The molecular weight excluding hydrogens is 272 g/mol. The Kier molecular flexibility index (Phi) is 5.90. The monoisotopic (exact) mass is 292 g/mol. The van der Waals surface area contributed by atoms with Crippen molar-refractivity contribution in [3.63, 3.8) is 0 Å². The lowest BCUT2D eigenvalue weighted by Gasteiger charge is -2.16.